The number of unbranched alkanes of at least 4 members (excludes halogenated alkanes) is 6. The van der Waals surface area contributed by atoms with Crippen molar-refractivity contribution in [1.82, 2.24) is 0 Å². The third kappa shape index (κ3) is 15.1. The summed E-state index contributed by atoms with van der Waals surface area (Å²) in [6, 6.07) is 0. The van der Waals surface area contributed by atoms with Gasteiger partial charge in [0.1, 0.15) is 0 Å². The number of esters is 1. The average Bonchev–Trinajstić information content (AvgIpc) is 2.54. The van der Waals surface area contributed by atoms with Crippen LogP contribution >= 0.6 is 0 Å². The summed E-state index contributed by atoms with van der Waals surface area (Å²) in [6.45, 7) is 4.28. The molecule has 0 saturated carbocycles. The van der Waals surface area contributed by atoms with Gasteiger partial charge in [0.2, 0.25) is 5.78 Å². The molecule has 3 nitrogen and oxygen atoms in total. The number of rotatable bonds is 12. The molecule has 3 heteroatoms. The first-order valence-corrected chi connectivity index (χ1v) is 8.87. The van der Waals surface area contributed by atoms with E-state index in [1.54, 1.807) is 0 Å². The Labute approximate surface area is 141 Å². The van der Waals surface area contributed by atoms with Crippen LogP contribution in [0.15, 0.2) is 11.6 Å². The standard InChI is InChI=1S/C20H32O3/c1-4-5-6-9-13-18(2)14-12-16-19(21)15-10-7-8-11-17-20(22)23-3/h14H,4-11,13,15,17H2,1-3H3/b18-14+. The molecular formula is C20H32O3. The van der Waals surface area contributed by atoms with E-state index in [1.807, 2.05) is 6.08 Å². The Hall–Kier alpha value is -1.56. The molecule has 0 atom stereocenters. The minimum Gasteiger partial charge on any atom is -0.469 e. The molecule has 130 valence electrons. The van der Waals surface area contributed by atoms with Crippen LogP contribution in [0.5, 0.6) is 0 Å². The van der Waals surface area contributed by atoms with E-state index >= 15 is 0 Å². The van der Waals surface area contributed by atoms with Crippen molar-refractivity contribution in [2.24, 2.45) is 0 Å². The summed E-state index contributed by atoms with van der Waals surface area (Å²) in [4.78, 5) is 22.6. The zero-order valence-electron chi connectivity index (χ0n) is 15.1. The van der Waals surface area contributed by atoms with E-state index in [4.69, 9.17) is 0 Å². The Morgan fingerprint density at radius 3 is 2.17 bits per heavy atom. The lowest BCUT2D eigenvalue weighted by Crippen LogP contribution is -1.99. The summed E-state index contributed by atoms with van der Waals surface area (Å²) in [6.07, 6.45) is 12.5. The SMILES string of the molecule is CCCCCC/C(C)=C/C#CC(=O)CCCCCCC(=O)OC. The van der Waals surface area contributed by atoms with Crippen LogP contribution in [-0.4, -0.2) is 18.9 Å². The molecule has 0 amide bonds. The average molecular weight is 320 g/mol. The normalized spacial score (nSPS) is 10.8. The smallest absolute Gasteiger partial charge is 0.305 e. The molecule has 0 aromatic heterocycles. The lowest BCUT2D eigenvalue weighted by Gasteiger charge is -1.99. The van der Waals surface area contributed by atoms with Crippen LogP contribution in [0.3, 0.4) is 0 Å². The van der Waals surface area contributed by atoms with Crippen LogP contribution in [0.4, 0.5) is 0 Å². The van der Waals surface area contributed by atoms with Crippen molar-refractivity contribution >= 4 is 11.8 Å². The third-order valence-corrected chi connectivity index (χ3v) is 3.72. The lowest BCUT2D eigenvalue weighted by atomic mass is 10.1. The van der Waals surface area contributed by atoms with Crippen LogP contribution in [0.1, 0.15) is 84.5 Å². The van der Waals surface area contributed by atoms with Crippen molar-refractivity contribution in [2.75, 3.05) is 7.11 Å². The first kappa shape index (κ1) is 21.4. The minimum absolute atomic E-state index is 0.00741. The van der Waals surface area contributed by atoms with Crippen LogP contribution in [0.25, 0.3) is 0 Å². The van der Waals surface area contributed by atoms with E-state index in [1.165, 1.54) is 38.4 Å². The highest BCUT2D eigenvalue weighted by molar-refractivity contribution is 5.95. The van der Waals surface area contributed by atoms with Gasteiger partial charge in [-0.05, 0) is 44.6 Å². The number of Topliss-reactive ketones (excluding diaryl/α,β-unsaturated/α-hetero) is 1. The topological polar surface area (TPSA) is 43.4 Å². The van der Waals surface area contributed by atoms with E-state index < -0.39 is 0 Å². The molecule has 0 heterocycles. The van der Waals surface area contributed by atoms with E-state index in [0.29, 0.717) is 12.8 Å². The second kappa shape index (κ2) is 15.3. The lowest BCUT2D eigenvalue weighted by molar-refractivity contribution is -0.140. The van der Waals surface area contributed by atoms with Gasteiger partial charge < -0.3 is 4.74 Å². The fourth-order valence-electron chi connectivity index (χ4n) is 2.22. The molecule has 0 rings (SSSR count). The van der Waals surface area contributed by atoms with Crippen molar-refractivity contribution in [3.05, 3.63) is 11.6 Å². The number of carbonyl (C=O) groups excluding carboxylic acids is 2. The van der Waals surface area contributed by atoms with E-state index in [9.17, 15) is 9.59 Å². The molecule has 0 radical (unpaired) electrons. The van der Waals surface area contributed by atoms with Gasteiger partial charge in [-0.2, -0.15) is 0 Å². The highest BCUT2D eigenvalue weighted by Gasteiger charge is 2.00. The highest BCUT2D eigenvalue weighted by Crippen LogP contribution is 2.09. The summed E-state index contributed by atoms with van der Waals surface area (Å²) >= 11 is 0. The first-order chi connectivity index (χ1) is 11.1. The van der Waals surface area contributed by atoms with Gasteiger partial charge in [0, 0.05) is 12.8 Å². The predicted molar refractivity (Wildman–Crippen MR) is 95.0 cm³/mol. The van der Waals surface area contributed by atoms with Crippen molar-refractivity contribution < 1.29 is 14.3 Å². The number of methoxy groups -OCH3 is 1. The molecule has 0 aliphatic carbocycles. The molecule has 0 saturated heterocycles. The second-order valence-corrected chi connectivity index (χ2v) is 5.98. The molecule has 0 aliphatic heterocycles. The largest absolute Gasteiger partial charge is 0.469 e. The molecule has 0 aromatic rings. The van der Waals surface area contributed by atoms with Gasteiger partial charge in [-0.15, -0.1) is 0 Å². The number of carbonyl (C=O) groups is 2. The highest BCUT2D eigenvalue weighted by atomic mass is 16.5. The predicted octanol–water partition coefficient (Wildman–Crippen LogP) is 4.99. The number of ether oxygens (including phenoxy) is 1. The Morgan fingerprint density at radius 1 is 0.913 bits per heavy atom. The van der Waals surface area contributed by atoms with Crippen molar-refractivity contribution in [3.63, 3.8) is 0 Å². The van der Waals surface area contributed by atoms with Gasteiger partial charge in [-0.25, -0.2) is 0 Å². The molecule has 23 heavy (non-hydrogen) atoms. The summed E-state index contributed by atoms with van der Waals surface area (Å²) in [5, 5.41) is 0. The monoisotopic (exact) mass is 320 g/mol. The molecule has 0 spiro atoms. The Balaban J connectivity index is 3.71. The Morgan fingerprint density at radius 2 is 1.52 bits per heavy atom. The quantitative estimate of drug-likeness (QED) is 0.220. The fraction of sp³-hybridized carbons (Fsp3) is 0.700. The van der Waals surface area contributed by atoms with Gasteiger partial charge >= 0.3 is 5.97 Å². The zero-order chi connectivity index (χ0) is 17.3. The molecule has 0 fully saturated rings. The number of ketones is 1. The van der Waals surface area contributed by atoms with Crippen LogP contribution in [0, 0.1) is 11.8 Å². The van der Waals surface area contributed by atoms with Crippen LogP contribution < -0.4 is 0 Å². The zero-order valence-corrected chi connectivity index (χ0v) is 15.1. The van der Waals surface area contributed by atoms with Crippen molar-refractivity contribution in [1.29, 1.82) is 0 Å². The molecule has 0 bridgehead atoms. The van der Waals surface area contributed by atoms with Crippen LogP contribution in [0.2, 0.25) is 0 Å². The Bertz CT molecular complexity index is 424. The molecule has 0 N–H and O–H groups in total. The second-order valence-electron chi connectivity index (χ2n) is 5.98. The number of hydrogen-bond donors (Lipinski definition) is 0. The number of allylic oxidation sites excluding steroid dienone is 2. The summed E-state index contributed by atoms with van der Waals surface area (Å²) in [5.74, 6) is 5.42. The summed E-state index contributed by atoms with van der Waals surface area (Å²) < 4.78 is 4.58. The van der Waals surface area contributed by atoms with E-state index in [0.717, 1.165) is 32.1 Å². The van der Waals surface area contributed by atoms with Gasteiger partial charge in [0.05, 0.1) is 7.11 Å². The fourth-order valence-corrected chi connectivity index (χ4v) is 2.22. The van der Waals surface area contributed by atoms with Gasteiger partial charge in [-0.3, -0.25) is 9.59 Å². The maximum atomic E-state index is 11.6. The van der Waals surface area contributed by atoms with Gasteiger partial charge in [-0.1, -0.05) is 50.5 Å². The maximum Gasteiger partial charge on any atom is 0.305 e. The molecule has 0 unspecified atom stereocenters. The summed E-state index contributed by atoms with van der Waals surface area (Å²) in [5.41, 5.74) is 1.25. The first-order valence-electron chi connectivity index (χ1n) is 8.87. The van der Waals surface area contributed by atoms with Crippen LogP contribution in [-0.2, 0) is 14.3 Å². The van der Waals surface area contributed by atoms with Gasteiger partial charge in [0.25, 0.3) is 0 Å². The summed E-state index contributed by atoms with van der Waals surface area (Å²) in [7, 11) is 1.40. The number of hydrogen-bond acceptors (Lipinski definition) is 3. The molecule has 0 aliphatic rings. The molecule has 0 aromatic carbocycles. The third-order valence-electron chi connectivity index (χ3n) is 3.72. The van der Waals surface area contributed by atoms with Crippen molar-refractivity contribution in [3.8, 4) is 11.8 Å². The van der Waals surface area contributed by atoms with E-state index in [2.05, 4.69) is 30.4 Å². The minimum atomic E-state index is -0.163. The molecular weight excluding hydrogens is 288 g/mol. The van der Waals surface area contributed by atoms with Gasteiger partial charge in [0.15, 0.2) is 0 Å². The maximum absolute atomic E-state index is 11.6. The van der Waals surface area contributed by atoms with E-state index in [-0.39, 0.29) is 11.8 Å². The van der Waals surface area contributed by atoms with Crippen molar-refractivity contribution in [2.45, 2.75) is 84.5 Å². The Kier molecular flexibility index (Phi) is 14.3.